The van der Waals surface area contributed by atoms with Gasteiger partial charge in [0.15, 0.2) is 0 Å². The Balaban J connectivity index is 2.89. The van der Waals surface area contributed by atoms with Gasteiger partial charge in [-0.15, -0.1) is 0 Å². The van der Waals surface area contributed by atoms with Gasteiger partial charge in [-0.25, -0.2) is 4.98 Å². The van der Waals surface area contributed by atoms with Gasteiger partial charge in [0.2, 0.25) is 5.91 Å². The minimum atomic E-state index is -0.863. The maximum absolute atomic E-state index is 11.0. The minimum Gasteiger partial charge on any atom is -0.368 e. The molecule has 0 fully saturated rings. The van der Waals surface area contributed by atoms with Crippen molar-refractivity contribution in [2.24, 2.45) is 5.73 Å². The molecule has 0 aliphatic carbocycles. The Bertz CT molecular complexity index is 352. The number of nitrogens with zero attached hydrogens (tertiary/aromatic N) is 1. The molecular formula is C9H12ClN3O. The van der Waals surface area contributed by atoms with Crippen molar-refractivity contribution in [1.29, 1.82) is 0 Å². The van der Waals surface area contributed by atoms with Gasteiger partial charge in [-0.05, 0) is 26.0 Å². The lowest BCUT2D eigenvalue weighted by atomic mass is 10.1. The van der Waals surface area contributed by atoms with E-state index in [9.17, 15) is 4.79 Å². The lowest BCUT2D eigenvalue weighted by molar-refractivity contribution is -0.121. The smallest absolute Gasteiger partial charge is 0.242 e. The molecule has 14 heavy (non-hydrogen) atoms. The largest absolute Gasteiger partial charge is 0.368 e. The van der Waals surface area contributed by atoms with Crippen molar-refractivity contribution in [3.8, 4) is 0 Å². The highest BCUT2D eigenvalue weighted by atomic mass is 35.5. The number of pyridine rings is 1. The molecule has 5 heteroatoms. The molecule has 0 unspecified atom stereocenters. The molecule has 1 amide bonds. The fourth-order valence-corrected chi connectivity index (χ4v) is 1.00. The maximum atomic E-state index is 11.0. The molecule has 0 spiro atoms. The van der Waals surface area contributed by atoms with Crippen LogP contribution in [0.15, 0.2) is 18.3 Å². The molecule has 0 atom stereocenters. The summed E-state index contributed by atoms with van der Waals surface area (Å²) in [6, 6.07) is 3.40. The summed E-state index contributed by atoms with van der Waals surface area (Å²) in [6.07, 6.45) is 1.59. The minimum absolute atomic E-state index is 0.456. The van der Waals surface area contributed by atoms with E-state index in [4.69, 9.17) is 17.3 Å². The van der Waals surface area contributed by atoms with Crippen molar-refractivity contribution in [3.05, 3.63) is 23.4 Å². The SMILES string of the molecule is CC(C)(Nc1ncccc1Cl)C(N)=O. The second-order valence-corrected chi connectivity index (χ2v) is 3.86. The van der Waals surface area contributed by atoms with E-state index in [0.29, 0.717) is 10.8 Å². The molecule has 0 saturated heterocycles. The highest BCUT2D eigenvalue weighted by Gasteiger charge is 2.25. The van der Waals surface area contributed by atoms with Crippen molar-refractivity contribution in [1.82, 2.24) is 4.98 Å². The topological polar surface area (TPSA) is 68.0 Å². The molecule has 1 aromatic rings. The van der Waals surface area contributed by atoms with Gasteiger partial charge < -0.3 is 11.1 Å². The maximum Gasteiger partial charge on any atom is 0.242 e. The molecule has 0 aliphatic rings. The third-order valence-corrected chi connectivity index (χ3v) is 2.11. The van der Waals surface area contributed by atoms with E-state index in [0.717, 1.165) is 0 Å². The van der Waals surface area contributed by atoms with E-state index >= 15 is 0 Å². The monoisotopic (exact) mass is 213 g/mol. The number of halogens is 1. The zero-order valence-electron chi connectivity index (χ0n) is 8.04. The predicted octanol–water partition coefficient (Wildman–Crippen LogP) is 1.41. The standard InChI is InChI=1S/C9H12ClN3O/c1-9(2,8(11)14)13-7-6(10)4-3-5-12-7/h3-5H,1-2H3,(H2,11,14)(H,12,13). The van der Waals surface area contributed by atoms with Crippen LogP contribution in [-0.4, -0.2) is 16.4 Å². The van der Waals surface area contributed by atoms with E-state index in [1.165, 1.54) is 0 Å². The van der Waals surface area contributed by atoms with Crippen LogP contribution in [0.25, 0.3) is 0 Å². The van der Waals surface area contributed by atoms with Gasteiger partial charge in [0, 0.05) is 6.20 Å². The zero-order chi connectivity index (χ0) is 10.8. The average Bonchev–Trinajstić information content (AvgIpc) is 2.08. The van der Waals surface area contributed by atoms with Crippen LogP contribution >= 0.6 is 11.6 Å². The van der Waals surface area contributed by atoms with Crippen LogP contribution < -0.4 is 11.1 Å². The van der Waals surface area contributed by atoms with Gasteiger partial charge in [0.1, 0.15) is 11.4 Å². The van der Waals surface area contributed by atoms with Crippen molar-refractivity contribution in [2.45, 2.75) is 19.4 Å². The lowest BCUT2D eigenvalue weighted by Gasteiger charge is -2.23. The van der Waals surface area contributed by atoms with E-state index in [1.807, 2.05) is 0 Å². The van der Waals surface area contributed by atoms with Crippen LogP contribution in [0.5, 0.6) is 0 Å². The van der Waals surface area contributed by atoms with Gasteiger partial charge in [0.05, 0.1) is 5.02 Å². The fourth-order valence-electron chi connectivity index (χ4n) is 0.835. The Hall–Kier alpha value is -1.29. The molecule has 4 nitrogen and oxygen atoms in total. The summed E-state index contributed by atoms with van der Waals surface area (Å²) < 4.78 is 0. The molecule has 1 aromatic heterocycles. The number of primary amides is 1. The van der Waals surface area contributed by atoms with Crippen molar-refractivity contribution in [3.63, 3.8) is 0 Å². The van der Waals surface area contributed by atoms with Crippen LogP contribution in [0.1, 0.15) is 13.8 Å². The first kappa shape index (κ1) is 10.8. The van der Waals surface area contributed by atoms with Gasteiger partial charge >= 0.3 is 0 Å². The molecule has 76 valence electrons. The Kier molecular flexibility index (Phi) is 2.96. The average molecular weight is 214 g/mol. The lowest BCUT2D eigenvalue weighted by Crippen LogP contribution is -2.45. The van der Waals surface area contributed by atoms with Crippen LogP contribution in [0.3, 0.4) is 0 Å². The Morgan fingerprint density at radius 2 is 2.29 bits per heavy atom. The molecule has 0 aliphatic heterocycles. The zero-order valence-corrected chi connectivity index (χ0v) is 8.80. The van der Waals surface area contributed by atoms with Crippen molar-refractivity contribution < 1.29 is 4.79 Å². The number of aromatic nitrogens is 1. The first-order valence-electron chi connectivity index (χ1n) is 4.12. The summed E-state index contributed by atoms with van der Waals surface area (Å²) >= 11 is 5.86. The van der Waals surface area contributed by atoms with Gasteiger partial charge in [-0.2, -0.15) is 0 Å². The Labute approximate surface area is 87.5 Å². The molecule has 0 bridgehead atoms. The second kappa shape index (κ2) is 3.84. The molecule has 0 radical (unpaired) electrons. The summed E-state index contributed by atoms with van der Waals surface area (Å²) in [7, 11) is 0. The summed E-state index contributed by atoms with van der Waals surface area (Å²) in [5.74, 6) is -0.00261. The number of amides is 1. The number of carbonyl (C=O) groups excluding carboxylic acids is 1. The van der Waals surface area contributed by atoms with Crippen molar-refractivity contribution >= 4 is 23.3 Å². The van der Waals surface area contributed by atoms with Gasteiger partial charge in [-0.1, -0.05) is 11.6 Å². The summed E-state index contributed by atoms with van der Waals surface area (Å²) in [4.78, 5) is 15.0. The van der Waals surface area contributed by atoms with Crippen LogP contribution in [0.2, 0.25) is 5.02 Å². The normalized spacial score (nSPS) is 11.1. The second-order valence-electron chi connectivity index (χ2n) is 3.45. The molecule has 1 heterocycles. The number of carbonyl (C=O) groups is 1. The Morgan fingerprint density at radius 1 is 1.64 bits per heavy atom. The Morgan fingerprint density at radius 3 is 2.79 bits per heavy atom. The number of anilines is 1. The quantitative estimate of drug-likeness (QED) is 0.798. The highest BCUT2D eigenvalue weighted by Crippen LogP contribution is 2.21. The van der Waals surface area contributed by atoms with Gasteiger partial charge in [-0.3, -0.25) is 4.79 Å². The number of rotatable bonds is 3. The van der Waals surface area contributed by atoms with E-state index in [2.05, 4.69) is 10.3 Å². The molecule has 0 saturated carbocycles. The first-order valence-corrected chi connectivity index (χ1v) is 4.50. The number of nitrogens with two attached hydrogens (primary N) is 1. The molecule has 1 rings (SSSR count). The number of hydrogen-bond donors (Lipinski definition) is 2. The summed E-state index contributed by atoms with van der Waals surface area (Å²) in [6.45, 7) is 3.33. The summed E-state index contributed by atoms with van der Waals surface area (Å²) in [5, 5.41) is 3.33. The number of nitrogens with one attached hydrogen (secondary N) is 1. The molecular weight excluding hydrogens is 202 g/mol. The third kappa shape index (κ3) is 2.35. The van der Waals surface area contributed by atoms with Crippen LogP contribution in [0, 0.1) is 0 Å². The summed E-state index contributed by atoms with van der Waals surface area (Å²) in [5.41, 5.74) is 4.33. The van der Waals surface area contributed by atoms with Crippen LogP contribution in [0.4, 0.5) is 5.82 Å². The number of hydrogen-bond acceptors (Lipinski definition) is 3. The predicted molar refractivity (Wildman–Crippen MR) is 56.1 cm³/mol. The molecule has 3 N–H and O–H groups in total. The first-order chi connectivity index (χ1) is 6.43. The van der Waals surface area contributed by atoms with Crippen LogP contribution in [-0.2, 0) is 4.79 Å². The molecule has 0 aromatic carbocycles. The van der Waals surface area contributed by atoms with Gasteiger partial charge in [0.25, 0.3) is 0 Å². The highest BCUT2D eigenvalue weighted by molar-refractivity contribution is 6.32. The fraction of sp³-hybridized carbons (Fsp3) is 0.333. The van der Waals surface area contributed by atoms with Crippen molar-refractivity contribution in [2.75, 3.05) is 5.32 Å². The van der Waals surface area contributed by atoms with E-state index in [-0.39, 0.29) is 0 Å². The van der Waals surface area contributed by atoms with E-state index in [1.54, 1.807) is 32.2 Å². The third-order valence-electron chi connectivity index (χ3n) is 1.81. The van der Waals surface area contributed by atoms with E-state index < -0.39 is 11.4 Å².